The van der Waals surface area contributed by atoms with Crippen LogP contribution >= 0.6 is 0 Å². The average molecular weight is 272 g/mol. The van der Waals surface area contributed by atoms with E-state index in [1.807, 2.05) is 0 Å². The highest BCUT2D eigenvalue weighted by Gasteiger charge is 2.09. The second-order valence-electron chi connectivity index (χ2n) is 6.63. The molecule has 0 spiro atoms. The van der Waals surface area contributed by atoms with Gasteiger partial charge in [0, 0.05) is 0 Å². The van der Waals surface area contributed by atoms with E-state index in [1.165, 1.54) is 36.8 Å². The van der Waals surface area contributed by atoms with Crippen molar-refractivity contribution >= 4 is 0 Å². The summed E-state index contributed by atoms with van der Waals surface area (Å²) in [5.74, 6) is 1.42. The van der Waals surface area contributed by atoms with Gasteiger partial charge in [0.25, 0.3) is 0 Å². The molecular weight excluding hydrogens is 240 g/mol. The molecule has 1 aliphatic carbocycles. The van der Waals surface area contributed by atoms with Crippen molar-refractivity contribution in [3.8, 4) is 0 Å². The van der Waals surface area contributed by atoms with Gasteiger partial charge in [0.1, 0.15) is 0 Å². The smallest absolute Gasteiger partial charge is 0.0161 e. The van der Waals surface area contributed by atoms with Crippen molar-refractivity contribution in [2.75, 3.05) is 0 Å². The molecule has 0 bridgehead atoms. The van der Waals surface area contributed by atoms with Crippen LogP contribution in [0.5, 0.6) is 0 Å². The highest BCUT2D eigenvalue weighted by Crippen LogP contribution is 2.23. The van der Waals surface area contributed by atoms with Crippen LogP contribution in [0, 0.1) is 11.8 Å². The molecule has 0 amide bonds. The van der Waals surface area contributed by atoms with Gasteiger partial charge >= 0.3 is 0 Å². The Hall–Kier alpha value is -1.04. The van der Waals surface area contributed by atoms with Gasteiger partial charge in [0.15, 0.2) is 0 Å². The summed E-state index contributed by atoms with van der Waals surface area (Å²) in [6, 6.07) is 0. The lowest BCUT2D eigenvalue weighted by Crippen LogP contribution is -2.05. The summed E-state index contributed by atoms with van der Waals surface area (Å²) in [6.45, 7) is 11.4. The summed E-state index contributed by atoms with van der Waals surface area (Å²) >= 11 is 0. The minimum atomic E-state index is 0.696. The van der Waals surface area contributed by atoms with Gasteiger partial charge in [0.05, 0.1) is 0 Å². The summed E-state index contributed by atoms with van der Waals surface area (Å²) in [4.78, 5) is 0. The molecule has 1 atom stereocenters. The highest BCUT2D eigenvalue weighted by atomic mass is 14.1. The standard InChI is InChI=1S/C20H32/c1-16(2)20-14-12-18(4)10-6-8-17(3)9-7-11-19(5)13-15-20/h8,10-12,14,16,20H,6-7,9,13,15H2,1-5H3/b14-12+,17-8-,18-10-,19-11-/t20-/m0/s1. The molecule has 0 fully saturated rings. The first kappa shape index (κ1) is 17.0. The maximum atomic E-state index is 2.44. The van der Waals surface area contributed by atoms with Gasteiger partial charge in [-0.1, -0.05) is 60.9 Å². The Labute approximate surface area is 126 Å². The summed E-state index contributed by atoms with van der Waals surface area (Å²) in [5.41, 5.74) is 4.46. The molecule has 0 N–H and O–H groups in total. The van der Waals surface area contributed by atoms with Crippen LogP contribution in [-0.2, 0) is 0 Å². The summed E-state index contributed by atoms with van der Waals surface area (Å²) < 4.78 is 0. The van der Waals surface area contributed by atoms with E-state index in [4.69, 9.17) is 0 Å². The fourth-order valence-corrected chi connectivity index (χ4v) is 2.59. The molecule has 0 heteroatoms. The van der Waals surface area contributed by atoms with E-state index in [-0.39, 0.29) is 0 Å². The first-order valence-corrected chi connectivity index (χ1v) is 8.15. The molecular formula is C20H32. The van der Waals surface area contributed by atoms with Crippen LogP contribution in [0.15, 0.2) is 47.1 Å². The highest BCUT2D eigenvalue weighted by molar-refractivity contribution is 5.19. The fraction of sp³-hybridized carbons (Fsp3) is 0.600. The summed E-state index contributed by atoms with van der Waals surface area (Å²) in [5, 5.41) is 0. The molecule has 0 saturated carbocycles. The van der Waals surface area contributed by atoms with E-state index >= 15 is 0 Å². The quantitative estimate of drug-likeness (QED) is 0.471. The fourth-order valence-electron chi connectivity index (χ4n) is 2.59. The molecule has 0 nitrogen and oxygen atoms in total. The molecule has 0 heterocycles. The third-order valence-electron chi connectivity index (χ3n) is 4.27. The molecule has 0 aromatic heterocycles. The lowest BCUT2D eigenvalue weighted by atomic mass is 9.88. The van der Waals surface area contributed by atoms with E-state index < -0.39 is 0 Å². The van der Waals surface area contributed by atoms with Crippen LogP contribution in [-0.4, -0.2) is 0 Å². The number of hydrogen-bond acceptors (Lipinski definition) is 0. The molecule has 112 valence electrons. The molecule has 1 rings (SSSR count). The molecule has 0 aliphatic heterocycles. The lowest BCUT2D eigenvalue weighted by molar-refractivity contribution is 0.435. The van der Waals surface area contributed by atoms with E-state index in [9.17, 15) is 0 Å². The Morgan fingerprint density at radius 2 is 1.65 bits per heavy atom. The molecule has 0 aromatic carbocycles. The average Bonchev–Trinajstić information content (AvgIpc) is 2.37. The first-order chi connectivity index (χ1) is 9.49. The second-order valence-corrected chi connectivity index (χ2v) is 6.63. The van der Waals surface area contributed by atoms with Crippen LogP contribution in [0.4, 0.5) is 0 Å². The zero-order chi connectivity index (χ0) is 15.0. The predicted octanol–water partition coefficient (Wildman–Crippen LogP) is 6.62. The monoisotopic (exact) mass is 272 g/mol. The van der Waals surface area contributed by atoms with E-state index in [1.54, 1.807) is 5.57 Å². The van der Waals surface area contributed by atoms with Gasteiger partial charge in [0.2, 0.25) is 0 Å². The van der Waals surface area contributed by atoms with Gasteiger partial charge in [-0.25, -0.2) is 0 Å². The topological polar surface area (TPSA) is 0 Å². The van der Waals surface area contributed by atoms with Crippen molar-refractivity contribution < 1.29 is 0 Å². The Balaban J connectivity index is 2.85. The Bertz CT molecular complexity index is 402. The molecule has 0 unspecified atom stereocenters. The number of rotatable bonds is 1. The minimum absolute atomic E-state index is 0.696. The van der Waals surface area contributed by atoms with Crippen LogP contribution in [0.1, 0.15) is 66.7 Å². The lowest BCUT2D eigenvalue weighted by Gasteiger charge is -2.17. The molecule has 0 aromatic rings. The maximum Gasteiger partial charge on any atom is -0.0161 e. The predicted molar refractivity (Wildman–Crippen MR) is 91.8 cm³/mol. The maximum absolute atomic E-state index is 2.44. The van der Waals surface area contributed by atoms with Crippen molar-refractivity contribution in [3.05, 3.63) is 47.1 Å². The van der Waals surface area contributed by atoms with Crippen molar-refractivity contribution in [1.29, 1.82) is 0 Å². The van der Waals surface area contributed by atoms with Crippen molar-refractivity contribution in [1.82, 2.24) is 0 Å². The SMILES string of the molecule is CC1=C/C/C=C(/C)CC/C=C(/C)CC[C@@H](C(C)C)\C=C\1. The Morgan fingerprint density at radius 3 is 2.35 bits per heavy atom. The Morgan fingerprint density at radius 1 is 0.950 bits per heavy atom. The molecule has 20 heavy (non-hydrogen) atoms. The van der Waals surface area contributed by atoms with Gasteiger partial charge in [-0.15, -0.1) is 0 Å². The third kappa shape index (κ3) is 6.93. The second kappa shape index (κ2) is 9.00. The number of allylic oxidation sites excluding steroid dienone is 8. The van der Waals surface area contributed by atoms with E-state index in [0.29, 0.717) is 5.92 Å². The van der Waals surface area contributed by atoms with Crippen molar-refractivity contribution in [2.45, 2.75) is 66.7 Å². The van der Waals surface area contributed by atoms with Gasteiger partial charge < -0.3 is 0 Å². The van der Waals surface area contributed by atoms with E-state index in [2.05, 4.69) is 65.0 Å². The molecule has 0 radical (unpaired) electrons. The van der Waals surface area contributed by atoms with Crippen LogP contribution in [0.3, 0.4) is 0 Å². The van der Waals surface area contributed by atoms with Gasteiger partial charge in [-0.05, 0) is 64.7 Å². The summed E-state index contributed by atoms with van der Waals surface area (Å²) in [7, 11) is 0. The zero-order valence-corrected chi connectivity index (χ0v) is 14.1. The first-order valence-electron chi connectivity index (χ1n) is 8.15. The normalized spacial score (nSPS) is 32.3. The van der Waals surface area contributed by atoms with Crippen LogP contribution in [0.2, 0.25) is 0 Å². The van der Waals surface area contributed by atoms with Crippen LogP contribution in [0.25, 0.3) is 0 Å². The van der Waals surface area contributed by atoms with Crippen LogP contribution < -0.4 is 0 Å². The zero-order valence-electron chi connectivity index (χ0n) is 14.1. The number of hydrogen-bond donors (Lipinski definition) is 0. The largest absolute Gasteiger partial charge is 0.0853 e. The molecule has 1 aliphatic rings. The minimum Gasteiger partial charge on any atom is -0.0853 e. The van der Waals surface area contributed by atoms with E-state index in [0.717, 1.165) is 12.3 Å². The molecule has 0 saturated heterocycles. The van der Waals surface area contributed by atoms with Crippen molar-refractivity contribution in [2.24, 2.45) is 11.8 Å². The summed E-state index contributed by atoms with van der Waals surface area (Å²) in [6.07, 6.45) is 17.9. The van der Waals surface area contributed by atoms with Gasteiger partial charge in [-0.2, -0.15) is 0 Å². The van der Waals surface area contributed by atoms with Crippen molar-refractivity contribution in [3.63, 3.8) is 0 Å². The van der Waals surface area contributed by atoms with Gasteiger partial charge in [-0.3, -0.25) is 0 Å². The third-order valence-corrected chi connectivity index (χ3v) is 4.27. The Kier molecular flexibility index (Phi) is 7.65.